The van der Waals surface area contributed by atoms with Gasteiger partial charge in [0.25, 0.3) is 5.91 Å². The molecule has 0 atom stereocenters. The Hall–Kier alpha value is -3.07. The summed E-state index contributed by atoms with van der Waals surface area (Å²) in [6.07, 6.45) is 0. The fourth-order valence-corrected chi connectivity index (χ4v) is 3.07. The zero-order valence-electron chi connectivity index (χ0n) is 14.6. The van der Waals surface area contributed by atoms with Crippen molar-refractivity contribution >= 4 is 34.7 Å². The van der Waals surface area contributed by atoms with Gasteiger partial charge in [0.2, 0.25) is 0 Å². The largest absolute Gasteiger partial charge is 0.465 e. The van der Waals surface area contributed by atoms with Crippen molar-refractivity contribution in [2.45, 2.75) is 4.90 Å². The van der Waals surface area contributed by atoms with Crippen molar-refractivity contribution in [1.82, 2.24) is 20.5 Å². The Morgan fingerprint density at radius 2 is 2.00 bits per heavy atom. The summed E-state index contributed by atoms with van der Waals surface area (Å²) in [4.78, 5) is 31.2. The Bertz CT molecular complexity index is 930. The Kier molecular flexibility index (Phi) is 6.26. The molecule has 1 N–H and O–H groups in total. The summed E-state index contributed by atoms with van der Waals surface area (Å²) in [6, 6.07) is 14.7. The van der Waals surface area contributed by atoms with Gasteiger partial charge in [0.15, 0.2) is 6.61 Å². The van der Waals surface area contributed by atoms with Gasteiger partial charge in [-0.15, -0.1) is 16.9 Å². The maximum absolute atomic E-state index is 11.9. The van der Waals surface area contributed by atoms with E-state index < -0.39 is 5.97 Å². The lowest BCUT2D eigenvalue weighted by Gasteiger charge is -2.07. The summed E-state index contributed by atoms with van der Waals surface area (Å²) < 4.78 is 4.69. The molecule has 0 aliphatic heterocycles. The third kappa shape index (κ3) is 4.98. The summed E-state index contributed by atoms with van der Waals surface area (Å²) >= 11 is 1.66. The van der Waals surface area contributed by atoms with Gasteiger partial charge in [0.1, 0.15) is 11.0 Å². The number of esters is 1. The van der Waals surface area contributed by atoms with E-state index in [4.69, 9.17) is 9.57 Å². The van der Waals surface area contributed by atoms with Crippen LogP contribution in [0.2, 0.25) is 0 Å². The number of nitrogens with one attached hydrogen (secondary N) is 1. The molecule has 0 aliphatic carbocycles. The number of carbonyl (C=O) groups excluding carboxylic acids is 2. The van der Waals surface area contributed by atoms with E-state index in [1.165, 1.54) is 7.11 Å². The fraction of sp³-hybridized carbons (Fsp3) is 0.222. The van der Waals surface area contributed by atoms with E-state index in [0.717, 1.165) is 15.5 Å². The first kappa shape index (κ1) is 18.7. The molecular formula is C18H18N4O4S. The number of fused-ring (bicyclic) bond motifs is 1. The molecule has 27 heavy (non-hydrogen) atoms. The number of hydrogen-bond acceptors (Lipinski definition) is 7. The minimum absolute atomic E-state index is 0.211. The summed E-state index contributed by atoms with van der Waals surface area (Å²) in [5.74, 6) is 0.0135. The van der Waals surface area contributed by atoms with Gasteiger partial charge in [-0.25, -0.2) is 4.79 Å². The predicted octanol–water partition coefficient (Wildman–Crippen LogP) is 1.55. The van der Waals surface area contributed by atoms with Crippen LogP contribution >= 0.6 is 11.8 Å². The van der Waals surface area contributed by atoms with Crippen LogP contribution in [0, 0.1) is 0 Å². The second-order valence-corrected chi connectivity index (χ2v) is 6.61. The highest BCUT2D eigenvalue weighted by Gasteiger charge is 2.12. The Labute approximate surface area is 159 Å². The first-order valence-electron chi connectivity index (χ1n) is 8.19. The lowest BCUT2D eigenvalue weighted by molar-refractivity contribution is -0.126. The molecule has 0 saturated carbocycles. The topological polar surface area (TPSA) is 95.3 Å². The van der Waals surface area contributed by atoms with E-state index in [0.29, 0.717) is 23.1 Å². The van der Waals surface area contributed by atoms with Gasteiger partial charge in [0, 0.05) is 17.2 Å². The third-order valence-corrected chi connectivity index (χ3v) is 4.60. The van der Waals surface area contributed by atoms with Gasteiger partial charge in [-0.2, -0.15) is 0 Å². The van der Waals surface area contributed by atoms with E-state index in [-0.39, 0.29) is 12.5 Å². The van der Waals surface area contributed by atoms with E-state index in [2.05, 4.69) is 15.6 Å². The van der Waals surface area contributed by atoms with Crippen LogP contribution < -0.4 is 10.2 Å². The summed E-state index contributed by atoms with van der Waals surface area (Å²) in [5.41, 5.74) is 1.37. The monoisotopic (exact) mass is 386 g/mol. The summed E-state index contributed by atoms with van der Waals surface area (Å²) in [6.45, 7) is 0.309. The second-order valence-electron chi connectivity index (χ2n) is 5.44. The molecule has 8 nitrogen and oxygen atoms in total. The molecule has 9 heteroatoms. The summed E-state index contributed by atoms with van der Waals surface area (Å²) in [5, 5.41) is 10.6. The van der Waals surface area contributed by atoms with Crippen LogP contribution in [-0.4, -0.2) is 53.0 Å². The van der Waals surface area contributed by atoms with Crippen LogP contribution in [0.15, 0.2) is 53.4 Å². The van der Waals surface area contributed by atoms with E-state index >= 15 is 0 Å². The van der Waals surface area contributed by atoms with Gasteiger partial charge >= 0.3 is 5.97 Å². The van der Waals surface area contributed by atoms with Crippen LogP contribution in [0.5, 0.6) is 0 Å². The van der Waals surface area contributed by atoms with Gasteiger partial charge in [-0.3, -0.25) is 4.79 Å². The number of benzene rings is 2. The lowest BCUT2D eigenvalue weighted by atomic mass is 10.2. The third-order valence-electron chi connectivity index (χ3n) is 3.59. The molecule has 3 aromatic rings. The molecule has 1 amide bonds. The second kappa shape index (κ2) is 9.04. The molecule has 0 radical (unpaired) electrons. The molecule has 0 fully saturated rings. The highest BCUT2D eigenvalue weighted by Crippen LogP contribution is 2.16. The Balaban J connectivity index is 1.49. The molecule has 0 saturated heterocycles. The number of thioether (sulfide) groups is 1. The van der Waals surface area contributed by atoms with Crippen LogP contribution in [-0.2, 0) is 9.53 Å². The summed E-state index contributed by atoms with van der Waals surface area (Å²) in [7, 11) is 1.30. The van der Waals surface area contributed by atoms with Gasteiger partial charge < -0.3 is 14.9 Å². The Morgan fingerprint density at radius 1 is 1.19 bits per heavy atom. The molecule has 1 heterocycles. The van der Waals surface area contributed by atoms with Crippen molar-refractivity contribution < 1.29 is 19.2 Å². The quantitative estimate of drug-likeness (QED) is 0.356. The number of ether oxygens (including phenoxy) is 1. The molecule has 140 valence electrons. The normalized spacial score (nSPS) is 10.6. The average Bonchev–Trinajstić information content (AvgIpc) is 3.12. The number of rotatable bonds is 8. The minimum Gasteiger partial charge on any atom is -0.465 e. The van der Waals surface area contributed by atoms with Crippen molar-refractivity contribution in [2.75, 3.05) is 26.0 Å². The molecule has 0 aliphatic rings. The minimum atomic E-state index is -0.474. The van der Waals surface area contributed by atoms with Gasteiger partial charge in [0.05, 0.1) is 12.7 Å². The number of amides is 1. The molecule has 3 rings (SSSR count). The van der Waals surface area contributed by atoms with E-state index in [1.807, 2.05) is 30.3 Å². The molecular weight excluding hydrogens is 368 g/mol. The van der Waals surface area contributed by atoms with Crippen molar-refractivity contribution in [1.29, 1.82) is 0 Å². The molecule has 0 bridgehead atoms. The SMILES string of the molecule is COC(=O)c1ccc2nnn(OCC(=O)NCCSc3ccccc3)c2c1. The lowest BCUT2D eigenvalue weighted by Crippen LogP contribution is -2.33. The Morgan fingerprint density at radius 3 is 2.78 bits per heavy atom. The highest BCUT2D eigenvalue weighted by molar-refractivity contribution is 7.99. The average molecular weight is 386 g/mol. The van der Waals surface area contributed by atoms with Crippen molar-refractivity contribution in [3.05, 3.63) is 54.1 Å². The maximum atomic E-state index is 11.9. The number of aromatic nitrogens is 3. The first-order chi connectivity index (χ1) is 13.2. The molecule has 0 unspecified atom stereocenters. The van der Waals surface area contributed by atoms with Gasteiger partial charge in [-0.05, 0) is 35.5 Å². The van der Waals surface area contributed by atoms with Crippen LogP contribution in [0.4, 0.5) is 0 Å². The van der Waals surface area contributed by atoms with Crippen LogP contribution in [0.1, 0.15) is 10.4 Å². The van der Waals surface area contributed by atoms with Crippen molar-refractivity contribution in [2.24, 2.45) is 0 Å². The van der Waals surface area contributed by atoms with Gasteiger partial charge in [-0.1, -0.05) is 23.0 Å². The number of hydrogen-bond donors (Lipinski definition) is 1. The number of nitrogens with zero attached hydrogens (tertiary/aromatic N) is 3. The molecule has 1 aromatic heterocycles. The smallest absolute Gasteiger partial charge is 0.337 e. The highest BCUT2D eigenvalue weighted by atomic mass is 32.2. The maximum Gasteiger partial charge on any atom is 0.337 e. The van der Waals surface area contributed by atoms with Crippen LogP contribution in [0.25, 0.3) is 11.0 Å². The van der Waals surface area contributed by atoms with E-state index in [9.17, 15) is 9.59 Å². The van der Waals surface area contributed by atoms with Crippen LogP contribution in [0.3, 0.4) is 0 Å². The predicted molar refractivity (Wildman–Crippen MR) is 100 cm³/mol. The number of methoxy groups -OCH3 is 1. The zero-order valence-corrected chi connectivity index (χ0v) is 15.4. The van der Waals surface area contributed by atoms with Crippen molar-refractivity contribution in [3.8, 4) is 0 Å². The number of carbonyl (C=O) groups is 2. The fourth-order valence-electron chi connectivity index (χ4n) is 2.29. The van der Waals surface area contributed by atoms with Crippen molar-refractivity contribution in [3.63, 3.8) is 0 Å². The first-order valence-corrected chi connectivity index (χ1v) is 9.17. The molecule has 0 spiro atoms. The van der Waals surface area contributed by atoms with E-state index in [1.54, 1.807) is 30.0 Å². The molecule has 2 aromatic carbocycles. The zero-order chi connectivity index (χ0) is 19.1. The standard InChI is InChI=1S/C18H18N4O4S/c1-25-18(24)13-7-8-15-16(11-13)22(21-20-15)26-12-17(23)19-9-10-27-14-5-3-2-4-6-14/h2-8,11H,9-10,12H2,1H3,(H,19,23).